The summed E-state index contributed by atoms with van der Waals surface area (Å²) in [5.41, 5.74) is -0.745. The van der Waals surface area contributed by atoms with Gasteiger partial charge in [-0.05, 0) is 105 Å². The smallest absolute Gasteiger partial charge is 0.186 e. The summed E-state index contributed by atoms with van der Waals surface area (Å²) in [5.74, 6) is 3.79. The molecular formula is C33H53NO8. The molecule has 0 unspecified atom stereocenters. The van der Waals surface area contributed by atoms with Gasteiger partial charge >= 0.3 is 0 Å². The SMILES string of the molecule is C[C@H]1CC[C@H]2N(C1)C[C@H]1[C@@H]3C[C@H]4[C@@H](CC(=O)[C@H]5C[C@@H](O[C@@H]6O[C@H](CO)[C@@H](O)[C@H](O)[C@H]6O)CC[C@@]54C)[C@@H]3CC[C@H]1[C@]2(C)O. The third-order valence-corrected chi connectivity index (χ3v) is 14.0. The molecule has 0 bridgehead atoms. The minimum Gasteiger partial charge on any atom is -0.394 e. The highest BCUT2D eigenvalue weighted by Gasteiger charge is 2.64. The molecule has 7 fully saturated rings. The molecule has 3 heterocycles. The Balaban J connectivity index is 1.07. The van der Waals surface area contributed by atoms with Gasteiger partial charge in [-0.15, -0.1) is 0 Å². The molecule has 0 amide bonds. The molecule has 17 atom stereocenters. The molecule has 42 heavy (non-hydrogen) atoms. The molecule has 7 aliphatic rings. The number of carbonyl (C=O) groups excluding carboxylic acids is 1. The molecule has 3 saturated heterocycles. The summed E-state index contributed by atoms with van der Waals surface area (Å²) in [6.07, 6.45) is 1.67. The Morgan fingerprint density at radius 2 is 1.69 bits per heavy atom. The molecule has 7 rings (SSSR count). The second-order valence-electron chi connectivity index (χ2n) is 16.0. The van der Waals surface area contributed by atoms with Crippen molar-refractivity contribution >= 4 is 5.78 Å². The molecule has 4 saturated carbocycles. The first-order valence-electron chi connectivity index (χ1n) is 16.9. The number of Topliss-reactive ketones (excluding diaryl/α,β-unsaturated/α-hetero) is 1. The second-order valence-corrected chi connectivity index (χ2v) is 16.0. The van der Waals surface area contributed by atoms with E-state index in [1.165, 1.54) is 6.42 Å². The van der Waals surface area contributed by atoms with E-state index in [-0.39, 0.29) is 23.5 Å². The van der Waals surface area contributed by atoms with Crippen LogP contribution in [-0.2, 0) is 14.3 Å². The molecule has 9 heteroatoms. The number of nitrogens with zero attached hydrogens (tertiary/aromatic N) is 1. The lowest BCUT2D eigenvalue weighted by Crippen LogP contribution is -2.67. The van der Waals surface area contributed by atoms with Gasteiger partial charge in [0.25, 0.3) is 0 Å². The molecular weight excluding hydrogens is 538 g/mol. The number of hydrogen-bond donors (Lipinski definition) is 5. The molecule has 4 aliphatic carbocycles. The standard InChI is InChI=1S/C33H53NO8/c1-16-4-7-27-33(3,40)22-6-5-18-19(21(22)14-34(27)13-16)11-23-20(18)12-25(36)24-10-17(8-9-32(23,24)2)41-31-30(39)29(38)28(37)26(15-35)42-31/h16-24,26-31,35,37-40H,4-15H2,1-3H3/t16-,17-,18+,19+,20-,21-,22+,23-,24+,26+,27+,28+,29-,30+,31+,32+,33-/m0/s1. The van der Waals surface area contributed by atoms with Crippen LogP contribution in [0.25, 0.3) is 0 Å². The van der Waals surface area contributed by atoms with Crippen molar-refractivity contribution in [2.75, 3.05) is 19.7 Å². The first-order chi connectivity index (χ1) is 19.9. The van der Waals surface area contributed by atoms with E-state index in [4.69, 9.17) is 9.47 Å². The number of fused-ring (bicyclic) bond motifs is 8. The zero-order chi connectivity index (χ0) is 29.7. The van der Waals surface area contributed by atoms with E-state index in [1.54, 1.807) is 0 Å². The van der Waals surface area contributed by atoms with Gasteiger partial charge in [-0.1, -0.05) is 13.8 Å². The van der Waals surface area contributed by atoms with E-state index in [0.717, 1.165) is 51.6 Å². The number of aliphatic hydroxyl groups excluding tert-OH is 4. The fraction of sp³-hybridized carbons (Fsp3) is 0.970. The Morgan fingerprint density at radius 1 is 0.905 bits per heavy atom. The Bertz CT molecular complexity index is 1040. The van der Waals surface area contributed by atoms with Crippen molar-refractivity contribution in [2.24, 2.45) is 52.8 Å². The molecule has 9 nitrogen and oxygen atoms in total. The fourth-order valence-electron chi connectivity index (χ4n) is 11.8. The topological polar surface area (TPSA) is 140 Å². The van der Waals surface area contributed by atoms with Gasteiger partial charge in [0.15, 0.2) is 6.29 Å². The van der Waals surface area contributed by atoms with Crippen LogP contribution >= 0.6 is 0 Å². The van der Waals surface area contributed by atoms with Gasteiger partial charge in [0.1, 0.15) is 30.2 Å². The van der Waals surface area contributed by atoms with E-state index in [0.29, 0.717) is 60.1 Å². The average molecular weight is 592 g/mol. The van der Waals surface area contributed by atoms with Gasteiger partial charge in [0.05, 0.1) is 18.3 Å². The van der Waals surface area contributed by atoms with Crippen LogP contribution in [0.3, 0.4) is 0 Å². The van der Waals surface area contributed by atoms with Crippen LogP contribution in [0, 0.1) is 52.8 Å². The van der Waals surface area contributed by atoms with Crippen molar-refractivity contribution in [1.82, 2.24) is 4.90 Å². The number of ketones is 1. The molecule has 0 aromatic rings. The zero-order valence-electron chi connectivity index (χ0n) is 25.6. The monoisotopic (exact) mass is 591 g/mol. The number of rotatable bonds is 3. The Labute approximate surface area is 249 Å². The van der Waals surface area contributed by atoms with Crippen molar-refractivity contribution in [2.45, 2.75) is 127 Å². The summed E-state index contributed by atoms with van der Waals surface area (Å²) in [6.45, 7) is 8.49. The summed E-state index contributed by atoms with van der Waals surface area (Å²) in [6, 6.07) is 0.276. The lowest BCUT2D eigenvalue weighted by molar-refractivity contribution is -0.315. The maximum Gasteiger partial charge on any atom is 0.186 e. The van der Waals surface area contributed by atoms with Crippen LogP contribution < -0.4 is 0 Å². The average Bonchev–Trinajstić information content (AvgIpc) is 3.33. The lowest BCUT2D eigenvalue weighted by Gasteiger charge is -2.59. The Kier molecular flexibility index (Phi) is 7.66. The molecule has 3 aliphatic heterocycles. The number of aliphatic hydroxyl groups is 5. The largest absolute Gasteiger partial charge is 0.394 e. The minimum atomic E-state index is -1.47. The van der Waals surface area contributed by atoms with Crippen molar-refractivity contribution in [3.63, 3.8) is 0 Å². The fourth-order valence-corrected chi connectivity index (χ4v) is 11.8. The second kappa shape index (κ2) is 10.7. The highest BCUT2D eigenvalue weighted by Crippen LogP contribution is 2.66. The van der Waals surface area contributed by atoms with Gasteiger partial charge in [-0.25, -0.2) is 0 Å². The van der Waals surface area contributed by atoms with Crippen molar-refractivity contribution in [3.05, 3.63) is 0 Å². The first-order valence-corrected chi connectivity index (χ1v) is 16.9. The summed E-state index contributed by atoms with van der Waals surface area (Å²) >= 11 is 0. The van der Waals surface area contributed by atoms with E-state index in [9.17, 15) is 30.3 Å². The van der Waals surface area contributed by atoms with Gasteiger partial charge in [0.2, 0.25) is 0 Å². The summed E-state index contributed by atoms with van der Waals surface area (Å²) in [5, 5.41) is 52.4. The molecule has 0 aromatic heterocycles. The maximum absolute atomic E-state index is 13.9. The van der Waals surface area contributed by atoms with Gasteiger partial charge in [-0.3, -0.25) is 9.69 Å². The van der Waals surface area contributed by atoms with Gasteiger partial charge < -0.3 is 35.0 Å². The zero-order valence-corrected chi connectivity index (χ0v) is 25.6. The third-order valence-electron chi connectivity index (χ3n) is 14.0. The molecule has 0 aromatic carbocycles. The highest BCUT2D eigenvalue weighted by molar-refractivity contribution is 5.83. The van der Waals surface area contributed by atoms with Crippen LogP contribution in [0.1, 0.15) is 78.6 Å². The summed E-state index contributed by atoms with van der Waals surface area (Å²) in [4.78, 5) is 16.5. The van der Waals surface area contributed by atoms with Crippen LogP contribution in [0.5, 0.6) is 0 Å². The van der Waals surface area contributed by atoms with Gasteiger partial charge in [-0.2, -0.15) is 0 Å². The summed E-state index contributed by atoms with van der Waals surface area (Å²) in [7, 11) is 0. The van der Waals surface area contributed by atoms with Crippen LogP contribution in [0.2, 0.25) is 0 Å². The number of ether oxygens (including phenoxy) is 2. The predicted molar refractivity (Wildman–Crippen MR) is 153 cm³/mol. The minimum absolute atomic E-state index is 0.0958. The maximum atomic E-state index is 13.9. The normalized spacial score (nSPS) is 57.9. The van der Waals surface area contributed by atoms with E-state index in [1.807, 2.05) is 0 Å². The summed E-state index contributed by atoms with van der Waals surface area (Å²) < 4.78 is 11.8. The molecule has 0 radical (unpaired) electrons. The Morgan fingerprint density at radius 3 is 2.45 bits per heavy atom. The highest BCUT2D eigenvalue weighted by atomic mass is 16.7. The van der Waals surface area contributed by atoms with E-state index in [2.05, 4.69) is 25.7 Å². The van der Waals surface area contributed by atoms with Gasteiger partial charge in [0, 0.05) is 31.5 Å². The number of piperidine rings is 2. The van der Waals surface area contributed by atoms with Crippen molar-refractivity contribution in [3.8, 4) is 0 Å². The van der Waals surface area contributed by atoms with Crippen LogP contribution in [-0.4, -0.2) is 104 Å². The Hall–Kier alpha value is -0.650. The number of carbonyl (C=O) groups is 1. The first kappa shape index (κ1) is 30.0. The lowest BCUT2D eigenvalue weighted by atomic mass is 9.51. The molecule has 238 valence electrons. The quantitative estimate of drug-likeness (QED) is 0.310. The van der Waals surface area contributed by atoms with Crippen molar-refractivity contribution < 1.29 is 39.8 Å². The van der Waals surface area contributed by atoms with E-state index < -0.39 is 42.9 Å². The number of hydrogen-bond acceptors (Lipinski definition) is 9. The molecule has 5 N–H and O–H groups in total. The predicted octanol–water partition coefficient (Wildman–Crippen LogP) is 1.71. The molecule has 0 spiro atoms. The van der Waals surface area contributed by atoms with Crippen molar-refractivity contribution in [1.29, 1.82) is 0 Å². The van der Waals surface area contributed by atoms with Crippen LogP contribution in [0.4, 0.5) is 0 Å². The third kappa shape index (κ3) is 4.50. The van der Waals surface area contributed by atoms with Crippen LogP contribution in [0.15, 0.2) is 0 Å². The van der Waals surface area contributed by atoms with E-state index >= 15 is 0 Å².